The van der Waals surface area contributed by atoms with Gasteiger partial charge in [0.05, 0.1) is 0 Å². The average molecular weight is 335 g/mol. The van der Waals surface area contributed by atoms with Gasteiger partial charge >= 0.3 is 0 Å². The first-order chi connectivity index (χ1) is 11.5. The van der Waals surface area contributed by atoms with E-state index in [0.29, 0.717) is 31.6 Å². The van der Waals surface area contributed by atoms with Crippen LogP contribution >= 0.6 is 0 Å². The molecule has 0 unspecified atom stereocenters. The van der Waals surface area contributed by atoms with Gasteiger partial charge in [0.1, 0.15) is 12.1 Å². The van der Waals surface area contributed by atoms with Crippen molar-refractivity contribution in [3.8, 4) is 0 Å². The van der Waals surface area contributed by atoms with Crippen molar-refractivity contribution < 1.29 is 18.4 Å². The third-order valence-corrected chi connectivity index (χ3v) is 5.27. The van der Waals surface area contributed by atoms with E-state index in [1.807, 2.05) is 0 Å². The van der Waals surface area contributed by atoms with Crippen molar-refractivity contribution in [2.45, 2.75) is 43.9 Å². The molecular weight excluding hydrogens is 316 g/mol. The number of amides is 2. The lowest BCUT2D eigenvalue weighted by atomic mass is 10.1. The summed E-state index contributed by atoms with van der Waals surface area (Å²) in [6, 6.07) is 3.12. The summed E-state index contributed by atoms with van der Waals surface area (Å²) >= 11 is 0. The van der Waals surface area contributed by atoms with Crippen LogP contribution in [0.4, 0.5) is 8.78 Å². The topological polar surface area (TPSA) is 52.7 Å². The summed E-state index contributed by atoms with van der Waals surface area (Å²) in [6.45, 7) is 1.54. The monoisotopic (exact) mass is 335 g/mol. The van der Waals surface area contributed by atoms with Gasteiger partial charge in [0, 0.05) is 25.7 Å². The number of fused-ring (bicyclic) bond motifs is 2. The van der Waals surface area contributed by atoms with Crippen LogP contribution in [0.25, 0.3) is 0 Å². The predicted molar refractivity (Wildman–Crippen MR) is 81.8 cm³/mol. The third kappa shape index (κ3) is 2.47. The highest BCUT2D eigenvalue weighted by Crippen LogP contribution is 2.32. The van der Waals surface area contributed by atoms with E-state index < -0.39 is 11.6 Å². The fourth-order valence-corrected chi connectivity index (χ4v) is 4.04. The van der Waals surface area contributed by atoms with Crippen LogP contribution in [0.2, 0.25) is 0 Å². The van der Waals surface area contributed by atoms with Crippen LogP contribution in [0.5, 0.6) is 0 Å². The van der Waals surface area contributed by atoms with Crippen LogP contribution in [0.1, 0.15) is 24.8 Å². The molecule has 0 saturated carbocycles. The maximum atomic E-state index is 13.2. The minimum atomic E-state index is -0.871. The van der Waals surface area contributed by atoms with Gasteiger partial charge in [-0.25, -0.2) is 8.78 Å². The van der Waals surface area contributed by atoms with Gasteiger partial charge in [0.2, 0.25) is 11.8 Å². The number of hydrogen-bond donors (Lipinski definition) is 1. The fourth-order valence-electron chi connectivity index (χ4n) is 4.04. The molecule has 5 nitrogen and oxygen atoms in total. The molecule has 24 heavy (non-hydrogen) atoms. The van der Waals surface area contributed by atoms with Crippen molar-refractivity contribution in [2.24, 2.45) is 0 Å². The second-order valence-electron chi connectivity index (χ2n) is 6.76. The predicted octanol–water partition coefficient (Wildman–Crippen LogP) is 1.03. The van der Waals surface area contributed by atoms with E-state index in [0.717, 1.165) is 25.0 Å². The van der Waals surface area contributed by atoms with Gasteiger partial charge in [-0.2, -0.15) is 0 Å². The molecule has 1 N–H and O–H groups in total. The van der Waals surface area contributed by atoms with E-state index in [1.165, 1.54) is 6.07 Å². The van der Waals surface area contributed by atoms with Crippen molar-refractivity contribution in [2.75, 3.05) is 13.1 Å². The number of piperazine rings is 1. The van der Waals surface area contributed by atoms with E-state index in [2.05, 4.69) is 5.32 Å². The Kier molecular flexibility index (Phi) is 3.75. The van der Waals surface area contributed by atoms with Crippen molar-refractivity contribution in [3.05, 3.63) is 35.4 Å². The van der Waals surface area contributed by atoms with Crippen LogP contribution in [-0.4, -0.2) is 52.8 Å². The van der Waals surface area contributed by atoms with Crippen molar-refractivity contribution >= 4 is 11.8 Å². The lowest BCUT2D eigenvalue weighted by molar-refractivity contribution is -0.156. The molecule has 1 aromatic rings. The average Bonchev–Trinajstić information content (AvgIpc) is 3.21. The van der Waals surface area contributed by atoms with Gasteiger partial charge in [-0.1, -0.05) is 6.07 Å². The molecule has 3 atom stereocenters. The molecule has 1 aromatic carbocycles. The molecule has 7 heteroatoms. The fraction of sp³-hybridized carbons (Fsp3) is 0.529. The highest BCUT2D eigenvalue weighted by molar-refractivity contribution is 5.98. The number of nitrogens with zero attached hydrogens (tertiary/aromatic N) is 2. The summed E-state index contributed by atoms with van der Waals surface area (Å²) in [4.78, 5) is 28.5. The molecule has 2 amide bonds. The van der Waals surface area contributed by atoms with Gasteiger partial charge in [-0.15, -0.1) is 0 Å². The molecule has 3 aliphatic heterocycles. The lowest BCUT2D eigenvalue weighted by Crippen LogP contribution is -2.60. The minimum Gasteiger partial charge on any atom is -0.329 e. The molecule has 0 aromatic heterocycles. The number of benzene rings is 1. The number of halogens is 2. The Bertz CT molecular complexity index is 666. The first-order valence-electron chi connectivity index (χ1n) is 8.33. The molecule has 0 spiro atoms. The Morgan fingerprint density at radius 2 is 1.88 bits per heavy atom. The Hall–Kier alpha value is -2.02. The zero-order chi connectivity index (χ0) is 16.8. The maximum absolute atomic E-state index is 13.2. The lowest BCUT2D eigenvalue weighted by Gasteiger charge is -2.38. The van der Waals surface area contributed by atoms with Crippen LogP contribution < -0.4 is 5.32 Å². The molecule has 128 valence electrons. The Morgan fingerprint density at radius 1 is 1.08 bits per heavy atom. The molecule has 3 aliphatic rings. The number of carbonyl (C=O) groups excluding carboxylic acids is 2. The van der Waals surface area contributed by atoms with Crippen LogP contribution in [-0.2, 0) is 16.1 Å². The Morgan fingerprint density at radius 3 is 2.67 bits per heavy atom. The van der Waals surface area contributed by atoms with Gasteiger partial charge in [0.25, 0.3) is 0 Å². The van der Waals surface area contributed by atoms with Crippen molar-refractivity contribution in [1.82, 2.24) is 15.1 Å². The third-order valence-electron chi connectivity index (χ3n) is 5.27. The highest BCUT2D eigenvalue weighted by Gasteiger charge is 2.51. The molecule has 3 heterocycles. The molecule has 4 rings (SSSR count). The Labute approximate surface area is 138 Å². The molecule has 0 bridgehead atoms. The number of nitrogens with one attached hydrogen (secondary N) is 1. The second kappa shape index (κ2) is 5.81. The van der Waals surface area contributed by atoms with E-state index in [9.17, 15) is 18.4 Å². The quantitative estimate of drug-likeness (QED) is 0.898. The summed E-state index contributed by atoms with van der Waals surface area (Å²) in [7, 11) is 0. The number of hydrogen-bond acceptors (Lipinski definition) is 3. The summed E-state index contributed by atoms with van der Waals surface area (Å²) in [5.74, 6) is -1.64. The molecular formula is C17H19F2N3O2. The van der Waals surface area contributed by atoms with Gasteiger partial charge in [0.15, 0.2) is 11.6 Å². The van der Waals surface area contributed by atoms with Gasteiger partial charge in [-0.3, -0.25) is 9.59 Å². The smallest absolute Gasteiger partial charge is 0.246 e. The summed E-state index contributed by atoms with van der Waals surface area (Å²) in [5.41, 5.74) is 0.636. The first-order valence-corrected chi connectivity index (χ1v) is 8.33. The Balaban J connectivity index is 1.42. The summed E-state index contributed by atoms with van der Waals surface area (Å²) in [6.07, 6.45) is 2.21. The first kappa shape index (κ1) is 15.5. The van der Waals surface area contributed by atoms with Crippen molar-refractivity contribution in [1.29, 1.82) is 0 Å². The van der Waals surface area contributed by atoms with Crippen LogP contribution in [0.15, 0.2) is 18.2 Å². The maximum Gasteiger partial charge on any atom is 0.246 e. The summed E-state index contributed by atoms with van der Waals surface area (Å²) < 4.78 is 26.2. The second-order valence-corrected chi connectivity index (χ2v) is 6.76. The molecule has 0 aliphatic carbocycles. The highest BCUT2D eigenvalue weighted by atomic mass is 19.2. The van der Waals surface area contributed by atoms with Gasteiger partial charge in [-0.05, 0) is 37.0 Å². The number of rotatable bonds is 3. The normalized spacial score (nSPS) is 29.2. The molecule has 3 fully saturated rings. The minimum absolute atomic E-state index is 0.0176. The SMILES string of the molecule is O=C1[C@@H]2C[C@H](NCc3ccc(F)c(F)c3)CN2C(=O)[C@H]2CCCN12. The van der Waals surface area contributed by atoms with Crippen LogP contribution in [0.3, 0.4) is 0 Å². The van der Waals surface area contributed by atoms with Gasteiger partial charge < -0.3 is 15.1 Å². The van der Waals surface area contributed by atoms with E-state index >= 15 is 0 Å². The van der Waals surface area contributed by atoms with Crippen LogP contribution in [0, 0.1) is 11.6 Å². The van der Waals surface area contributed by atoms with E-state index in [-0.39, 0.29) is 29.9 Å². The van der Waals surface area contributed by atoms with E-state index in [4.69, 9.17) is 0 Å². The molecule has 0 radical (unpaired) electrons. The standard InChI is InChI=1S/C17H19F2N3O2/c18-12-4-3-10(6-13(12)19)8-20-11-7-15-17(24)21-5-1-2-14(21)16(23)22(15)9-11/h3-4,6,11,14-15,20H,1-2,5,7-9H2/t11-,14+,15-/m0/s1. The van der Waals surface area contributed by atoms with Crippen molar-refractivity contribution in [3.63, 3.8) is 0 Å². The van der Waals surface area contributed by atoms with E-state index in [1.54, 1.807) is 9.80 Å². The summed E-state index contributed by atoms with van der Waals surface area (Å²) in [5, 5.41) is 3.25. The molecule has 3 saturated heterocycles. The number of carbonyl (C=O) groups is 2. The zero-order valence-electron chi connectivity index (χ0n) is 13.2. The largest absolute Gasteiger partial charge is 0.329 e. The zero-order valence-corrected chi connectivity index (χ0v) is 13.2.